The molecule has 0 aromatic heterocycles. The second-order valence-electron chi connectivity index (χ2n) is 10.8. The molecule has 4 aliphatic rings. The number of ether oxygens (including phenoxy) is 1. The van der Waals surface area contributed by atoms with E-state index in [9.17, 15) is 9.59 Å². The van der Waals surface area contributed by atoms with E-state index in [1.807, 2.05) is 0 Å². The Kier molecular flexibility index (Phi) is 5.97. The number of allylic oxidation sites excluding steroid dienone is 1. The molecule has 29 heavy (non-hydrogen) atoms. The minimum absolute atomic E-state index is 0.00175. The number of hydrogen-bond acceptors (Lipinski definition) is 3. The first-order chi connectivity index (χ1) is 13.9. The highest BCUT2D eigenvalue weighted by Gasteiger charge is 2.58. The van der Waals surface area contributed by atoms with Gasteiger partial charge in [0.05, 0.1) is 0 Å². The third-order valence-corrected chi connectivity index (χ3v) is 9.30. The number of rotatable bonds is 6. The fourth-order valence-corrected chi connectivity index (χ4v) is 7.44. The molecule has 3 fully saturated rings. The van der Waals surface area contributed by atoms with Crippen LogP contribution in [0.3, 0.4) is 0 Å². The second-order valence-corrected chi connectivity index (χ2v) is 10.8. The van der Waals surface area contributed by atoms with E-state index < -0.39 is 0 Å². The minimum Gasteiger partial charge on any atom is -0.462 e. The van der Waals surface area contributed by atoms with Crippen molar-refractivity contribution in [2.24, 2.45) is 28.6 Å². The lowest BCUT2D eigenvalue weighted by molar-refractivity contribution is -0.151. The van der Waals surface area contributed by atoms with Gasteiger partial charge in [-0.15, -0.1) is 0 Å². The highest BCUT2D eigenvalue weighted by molar-refractivity contribution is 5.87. The zero-order valence-corrected chi connectivity index (χ0v) is 18.8. The fraction of sp³-hybridized carbons (Fsp3) is 0.846. The quantitative estimate of drug-likeness (QED) is 0.294. The van der Waals surface area contributed by atoms with Crippen LogP contribution in [0, 0.1) is 28.6 Å². The van der Waals surface area contributed by atoms with Gasteiger partial charge in [0.15, 0.2) is 0 Å². The van der Waals surface area contributed by atoms with Gasteiger partial charge in [0.25, 0.3) is 0 Å². The molecule has 0 aromatic carbocycles. The van der Waals surface area contributed by atoms with E-state index in [2.05, 4.69) is 26.8 Å². The van der Waals surface area contributed by atoms with Gasteiger partial charge in [0.1, 0.15) is 11.9 Å². The molecule has 3 heteroatoms. The van der Waals surface area contributed by atoms with Crippen LogP contribution in [0.2, 0.25) is 0 Å². The van der Waals surface area contributed by atoms with Crippen molar-refractivity contribution >= 4 is 11.8 Å². The van der Waals surface area contributed by atoms with E-state index >= 15 is 0 Å². The van der Waals surface area contributed by atoms with Crippen LogP contribution in [-0.2, 0) is 14.3 Å². The first-order valence-electron chi connectivity index (χ1n) is 12.3. The molecule has 0 saturated heterocycles. The maximum atomic E-state index is 12.6. The number of ketones is 1. The zero-order chi connectivity index (χ0) is 20.6. The Labute approximate surface area is 177 Å². The second kappa shape index (κ2) is 8.19. The van der Waals surface area contributed by atoms with Crippen LogP contribution in [-0.4, -0.2) is 17.9 Å². The summed E-state index contributed by atoms with van der Waals surface area (Å²) in [7, 11) is 0. The molecule has 3 nitrogen and oxygen atoms in total. The van der Waals surface area contributed by atoms with Crippen LogP contribution in [0.15, 0.2) is 11.6 Å². The van der Waals surface area contributed by atoms with Crippen molar-refractivity contribution < 1.29 is 14.3 Å². The van der Waals surface area contributed by atoms with Gasteiger partial charge in [-0.1, -0.05) is 51.7 Å². The lowest BCUT2D eigenvalue weighted by Gasteiger charge is -2.56. The lowest BCUT2D eigenvalue weighted by Crippen LogP contribution is -2.50. The third kappa shape index (κ3) is 3.72. The SMILES string of the molecule is CCCCCCC(=O)O[C@@H]1CC[C@@]2(C)C(=CC[C@H]3[C@H]4CCC(=O)[C@@]4(C)CC[C@@H]32)C1. The average Bonchev–Trinajstić information content (AvgIpc) is 3.00. The number of unbranched alkanes of at least 4 members (excludes halogenated alkanes) is 3. The van der Waals surface area contributed by atoms with Crippen molar-refractivity contribution in [3.63, 3.8) is 0 Å². The van der Waals surface area contributed by atoms with Crippen molar-refractivity contribution in [1.29, 1.82) is 0 Å². The van der Waals surface area contributed by atoms with Gasteiger partial charge >= 0.3 is 5.97 Å². The Bertz CT molecular complexity index is 679. The Balaban J connectivity index is 1.39. The van der Waals surface area contributed by atoms with E-state index in [4.69, 9.17) is 4.74 Å². The third-order valence-electron chi connectivity index (χ3n) is 9.30. The van der Waals surface area contributed by atoms with E-state index in [1.54, 1.807) is 5.57 Å². The first kappa shape index (κ1) is 21.1. The Hall–Kier alpha value is -1.12. The van der Waals surface area contributed by atoms with Gasteiger partial charge in [-0.3, -0.25) is 9.59 Å². The summed E-state index contributed by atoms with van der Waals surface area (Å²) in [6.45, 7) is 6.91. The molecule has 162 valence electrons. The number of carbonyl (C=O) groups excluding carboxylic acids is 2. The molecule has 0 aliphatic heterocycles. The maximum Gasteiger partial charge on any atom is 0.306 e. The first-order valence-corrected chi connectivity index (χ1v) is 12.3. The van der Waals surface area contributed by atoms with Gasteiger partial charge in [0.2, 0.25) is 0 Å². The number of fused-ring (bicyclic) bond motifs is 5. The smallest absolute Gasteiger partial charge is 0.306 e. The van der Waals surface area contributed by atoms with Crippen LogP contribution in [0.25, 0.3) is 0 Å². The Morgan fingerprint density at radius 2 is 1.83 bits per heavy atom. The van der Waals surface area contributed by atoms with Gasteiger partial charge < -0.3 is 4.74 Å². The number of hydrogen-bond donors (Lipinski definition) is 0. The normalized spacial score (nSPS) is 41.2. The van der Waals surface area contributed by atoms with E-state index in [1.165, 1.54) is 19.3 Å². The molecule has 0 spiro atoms. The highest BCUT2D eigenvalue weighted by atomic mass is 16.5. The van der Waals surface area contributed by atoms with Crippen LogP contribution in [0.1, 0.15) is 104 Å². The van der Waals surface area contributed by atoms with Crippen LogP contribution >= 0.6 is 0 Å². The molecule has 0 radical (unpaired) electrons. The molecule has 0 amide bonds. The molecule has 0 unspecified atom stereocenters. The summed E-state index contributed by atoms with van der Waals surface area (Å²) >= 11 is 0. The number of Topliss-reactive ketones (excluding diaryl/α,β-unsaturated/α-hetero) is 1. The van der Waals surface area contributed by atoms with E-state index in [-0.39, 0.29) is 22.9 Å². The maximum absolute atomic E-state index is 12.6. The largest absolute Gasteiger partial charge is 0.462 e. The van der Waals surface area contributed by atoms with Crippen molar-refractivity contribution in [1.82, 2.24) is 0 Å². The van der Waals surface area contributed by atoms with Gasteiger partial charge in [-0.2, -0.15) is 0 Å². The molecule has 4 aliphatic carbocycles. The van der Waals surface area contributed by atoms with Crippen LogP contribution < -0.4 is 0 Å². The molecular weight excluding hydrogens is 360 g/mol. The number of carbonyl (C=O) groups is 2. The molecule has 0 heterocycles. The molecule has 3 saturated carbocycles. The highest BCUT2D eigenvalue weighted by Crippen LogP contribution is 2.64. The summed E-state index contributed by atoms with van der Waals surface area (Å²) < 4.78 is 5.88. The average molecular weight is 401 g/mol. The fourth-order valence-electron chi connectivity index (χ4n) is 7.44. The summed E-state index contributed by atoms with van der Waals surface area (Å²) in [5, 5.41) is 0. The molecule has 4 rings (SSSR count). The van der Waals surface area contributed by atoms with Gasteiger partial charge in [-0.05, 0) is 68.1 Å². The monoisotopic (exact) mass is 400 g/mol. The minimum atomic E-state index is -0.0482. The van der Waals surface area contributed by atoms with Crippen molar-refractivity contribution in [3.8, 4) is 0 Å². The van der Waals surface area contributed by atoms with Crippen LogP contribution in [0.5, 0.6) is 0 Å². The van der Waals surface area contributed by atoms with Crippen molar-refractivity contribution in [3.05, 3.63) is 11.6 Å². The topological polar surface area (TPSA) is 43.4 Å². The summed E-state index contributed by atoms with van der Waals surface area (Å²) in [5.41, 5.74) is 1.74. The van der Waals surface area contributed by atoms with Gasteiger partial charge in [-0.25, -0.2) is 0 Å². The molecule has 6 atom stereocenters. The standard InChI is InChI=1S/C26H40O3/c1-4-5-6-7-8-24(28)29-19-13-15-25(2)18(17-19)9-10-20-21-11-12-23(27)26(21,3)16-14-22(20)25/h9,19-22H,4-8,10-17H2,1-3H3/t19-,20+,21-,22+,25+,26+/m1/s1. The molecule has 0 aromatic rings. The summed E-state index contributed by atoms with van der Waals surface area (Å²) in [6, 6.07) is 0. The zero-order valence-electron chi connectivity index (χ0n) is 18.8. The summed E-state index contributed by atoms with van der Waals surface area (Å²) in [4.78, 5) is 24.8. The van der Waals surface area contributed by atoms with E-state index in [0.717, 1.165) is 57.8 Å². The molecule has 0 N–H and O–H groups in total. The van der Waals surface area contributed by atoms with Crippen molar-refractivity contribution in [2.75, 3.05) is 0 Å². The van der Waals surface area contributed by atoms with E-state index in [0.29, 0.717) is 30.0 Å². The number of esters is 1. The molecular formula is C26H40O3. The predicted molar refractivity (Wildman–Crippen MR) is 115 cm³/mol. The Morgan fingerprint density at radius 1 is 1.07 bits per heavy atom. The van der Waals surface area contributed by atoms with Crippen molar-refractivity contribution in [2.45, 2.75) is 110 Å². The molecule has 0 bridgehead atoms. The summed E-state index contributed by atoms with van der Waals surface area (Å²) in [6.07, 6.45) is 16.0. The predicted octanol–water partition coefficient (Wildman–Crippen LogP) is 6.40. The summed E-state index contributed by atoms with van der Waals surface area (Å²) in [5.74, 6) is 2.49. The van der Waals surface area contributed by atoms with Gasteiger partial charge in [0, 0.05) is 24.7 Å². The van der Waals surface area contributed by atoms with Crippen LogP contribution in [0.4, 0.5) is 0 Å². The lowest BCUT2D eigenvalue weighted by atomic mass is 9.48. The Morgan fingerprint density at radius 3 is 2.62 bits per heavy atom.